The van der Waals surface area contributed by atoms with Crippen molar-refractivity contribution in [3.05, 3.63) is 11.5 Å². The van der Waals surface area contributed by atoms with Gasteiger partial charge in [0.05, 0.1) is 14.2 Å². The minimum atomic E-state index is -1.43. The van der Waals surface area contributed by atoms with Crippen LogP contribution < -0.4 is 0 Å². The maximum absolute atomic E-state index is 11.5. The summed E-state index contributed by atoms with van der Waals surface area (Å²) in [7, 11) is 2.82. The highest BCUT2D eigenvalue weighted by Gasteiger charge is 2.55. The largest absolute Gasteiger partial charge is 0.494 e. The Kier molecular flexibility index (Phi) is 3.16. The SMILES string of the molecule is CCCCC1(O)C(=O)C(OC)=C1OC. The third-order valence-electron chi connectivity index (χ3n) is 2.46. The second kappa shape index (κ2) is 4.00. The molecule has 1 aliphatic carbocycles. The van der Waals surface area contributed by atoms with Crippen LogP contribution in [-0.4, -0.2) is 30.7 Å². The van der Waals surface area contributed by atoms with Gasteiger partial charge in [0, 0.05) is 0 Å². The smallest absolute Gasteiger partial charge is 0.240 e. The Hall–Kier alpha value is -1.03. The molecule has 0 radical (unpaired) electrons. The standard InChI is InChI=1S/C10H16O4/c1-4-5-6-10(12)8(11)7(13-2)9(10)14-3/h12H,4-6H2,1-3H3. The molecule has 0 spiro atoms. The molecule has 0 aromatic rings. The lowest BCUT2D eigenvalue weighted by atomic mass is 9.79. The number of carbonyl (C=O) groups excluding carboxylic acids is 1. The van der Waals surface area contributed by atoms with Gasteiger partial charge in [0.2, 0.25) is 11.5 Å². The summed E-state index contributed by atoms with van der Waals surface area (Å²) >= 11 is 0. The van der Waals surface area contributed by atoms with E-state index in [4.69, 9.17) is 9.47 Å². The summed E-state index contributed by atoms with van der Waals surface area (Å²) in [6, 6.07) is 0. The van der Waals surface area contributed by atoms with Crippen LogP contribution in [0.5, 0.6) is 0 Å². The van der Waals surface area contributed by atoms with Crippen molar-refractivity contribution in [3.8, 4) is 0 Å². The number of hydrogen-bond acceptors (Lipinski definition) is 4. The van der Waals surface area contributed by atoms with E-state index < -0.39 is 5.60 Å². The van der Waals surface area contributed by atoms with Crippen molar-refractivity contribution < 1.29 is 19.4 Å². The van der Waals surface area contributed by atoms with Crippen molar-refractivity contribution in [1.29, 1.82) is 0 Å². The highest BCUT2D eigenvalue weighted by Crippen LogP contribution is 2.39. The summed E-state index contributed by atoms with van der Waals surface area (Å²) in [4.78, 5) is 11.5. The van der Waals surface area contributed by atoms with Gasteiger partial charge in [-0.15, -0.1) is 0 Å². The fourth-order valence-corrected chi connectivity index (χ4v) is 1.63. The normalized spacial score (nSPS) is 26.1. The average molecular weight is 200 g/mol. The van der Waals surface area contributed by atoms with Crippen LogP contribution >= 0.6 is 0 Å². The van der Waals surface area contributed by atoms with Crippen LogP contribution in [0.25, 0.3) is 0 Å². The van der Waals surface area contributed by atoms with Crippen LogP contribution in [0.1, 0.15) is 26.2 Å². The molecule has 14 heavy (non-hydrogen) atoms. The Morgan fingerprint density at radius 3 is 2.43 bits per heavy atom. The van der Waals surface area contributed by atoms with Gasteiger partial charge >= 0.3 is 0 Å². The summed E-state index contributed by atoms with van der Waals surface area (Å²) in [5, 5.41) is 9.96. The van der Waals surface area contributed by atoms with Crippen molar-refractivity contribution in [2.24, 2.45) is 0 Å². The van der Waals surface area contributed by atoms with E-state index in [0.717, 1.165) is 12.8 Å². The molecule has 1 rings (SSSR count). The second-order valence-corrected chi connectivity index (χ2v) is 3.36. The first-order valence-corrected chi connectivity index (χ1v) is 4.71. The van der Waals surface area contributed by atoms with E-state index in [1.165, 1.54) is 14.2 Å². The molecule has 0 aromatic carbocycles. The highest BCUT2D eigenvalue weighted by atomic mass is 16.5. The van der Waals surface area contributed by atoms with Crippen LogP contribution in [-0.2, 0) is 14.3 Å². The van der Waals surface area contributed by atoms with Gasteiger partial charge in [-0.05, 0) is 12.8 Å². The van der Waals surface area contributed by atoms with Crippen LogP contribution in [0, 0.1) is 0 Å². The number of carbonyl (C=O) groups is 1. The summed E-state index contributed by atoms with van der Waals surface area (Å²) in [6.45, 7) is 2.00. The summed E-state index contributed by atoms with van der Waals surface area (Å²) < 4.78 is 9.78. The maximum Gasteiger partial charge on any atom is 0.240 e. The summed E-state index contributed by atoms with van der Waals surface area (Å²) in [5.41, 5.74) is -1.43. The van der Waals surface area contributed by atoms with E-state index in [-0.39, 0.29) is 17.3 Å². The van der Waals surface area contributed by atoms with Crippen molar-refractivity contribution >= 4 is 5.78 Å². The number of aliphatic hydroxyl groups is 1. The van der Waals surface area contributed by atoms with Crippen molar-refractivity contribution in [1.82, 2.24) is 0 Å². The minimum absolute atomic E-state index is 0.145. The molecular formula is C10H16O4. The number of ketones is 1. The van der Waals surface area contributed by atoms with Gasteiger partial charge in [0.15, 0.2) is 11.4 Å². The van der Waals surface area contributed by atoms with Crippen LogP contribution in [0.2, 0.25) is 0 Å². The molecule has 4 nitrogen and oxygen atoms in total. The van der Waals surface area contributed by atoms with E-state index in [1.54, 1.807) is 0 Å². The number of rotatable bonds is 5. The van der Waals surface area contributed by atoms with E-state index in [0.29, 0.717) is 6.42 Å². The number of methoxy groups -OCH3 is 2. The monoisotopic (exact) mass is 200 g/mol. The molecule has 0 saturated heterocycles. The minimum Gasteiger partial charge on any atom is -0.494 e. The molecule has 0 aromatic heterocycles. The molecule has 1 N–H and O–H groups in total. The molecular weight excluding hydrogens is 184 g/mol. The second-order valence-electron chi connectivity index (χ2n) is 3.36. The van der Waals surface area contributed by atoms with Crippen LogP contribution in [0.15, 0.2) is 11.5 Å². The first-order valence-electron chi connectivity index (χ1n) is 4.71. The molecule has 1 atom stereocenters. The third kappa shape index (κ3) is 1.39. The van der Waals surface area contributed by atoms with Crippen LogP contribution in [0.4, 0.5) is 0 Å². The molecule has 1 aliphatic rings. The van der Waals surface area contributed by atoms with Gasteiger partial charge in [-0.3, -0.25) is 4.79 Å². The van der Waals surface area contributed by atoms with Gasteiger partial charge in [0.1, 0.15) is 0 Å². The van der Waals surface area contributed by atoms with Gasteiger partial charge in [-0.25, -0.2) is 0 Å². The lowest BCUT2D eigenvalue weighted by Gasteiger charge is -2.36. The zero-order valence-corrected chi connectivity index (χ0v) is 8.79. The third-order valence-corrected chi connectivity index (χ3v) is 2.46. The Labute approximate surface area is 83.5 Å². The average Bonchev–Trinajstić information content (AvgIpc) is 2.21. The molecule has 0 amide bonds. The zero-order chi connectivity index (χ0) is 10.8. The number of Topliss-reactive ketones (excluding diaryl/α,β-unsaturated/α-hetero) is 1. The predicted molar refractivity (Wildman–Crippen MR) is 50.5 cm³/mol. The molecule has 1 unspecified atom stereocenters. The Bertz CT molecular complexity index is 269. The Morgan fingerprint density at radius 2 is 2.00 bits per heavy atom. The Balaban J connectivity index is 2.82. The molecule has 0 bridgehead atoms. The van der Waals surface area contributed by atoms with Gasteiger partial charge in [0.25, 0.3) is 0 Å². The van der Waals surface area contributed by atoms with Crippen molar-refractivity contribution in [3.63, 3.8) is 0 Å². The van der Waals surface area contributed by atoms with E-state index in [1.807, 2.05) is 6.92 Å². The highest BCUT2D eigenvalue weighted by molar-refractivity contribution is 6.09. The van der Waals surface area contributed by atoms with E-state index in [2.05, 4.69) is 0 Å². The molecule has 0 saturated carbocycles. The first-order chi connectivity index (χ1) is 6.61. The quantitative estimate of drug-likeness (QED) is 0.719. The lowest BCUT2D eigenvalue weighted by molar-refractivity contribution is -0.146. The molecule has 80 valence electrons. The van der Waals surface area contributed by atoms with Crippen LogP contribution in [0.3, 0.4) is 0 Å². The zero-order valence-electron chi connectivity index (χ0n) is 8.79. The lowest BCUT2D eigenvalue weighted by Crippen LogP contribution is -2.52. The fraction of sp³-hybridized carbons (Fsp3) is 0.700. The Morgan fingerprint density at radius 1 is 1.36 bits per heavy atom. The maximum atomic E-state index is 11.5. The summed E-state index contributed by atoms with van der Waals surface area (Å²) in [5.74, 6) is 0.0369. The topological polar surface area (TPSA) is 55.8 Å². The van der Waals surface area contributed by atoms with Gasteiger partial charge in [-0.2, -0.15) is 0 Å². The molecule has 0 heterocycles. The van der Waals surface area contributed by atoms with E-state index in [9.17, 15) is 9.90 Å². The summed E-state index contributed by atoms with van der Waals surface area (Å²) in [6.07, 6.45) is 2.11. The number of unbranched alkanes of at least 4 members (excludes halogenated alkanes) is 1. The number of ether oxygens (including phenoxy) is 2. The van der Waals surface area contributed by atoms with E-state index >= 15 is 0 Å². The first kappa shape index (κ1) is 11.0. The van der Waals surface area contributed by atoms with Gasteiger partial charge in [-0.1, -0.05) is 13.3 Å². The van der Waals surface area contributed by atoms with Crippen molar-refractivity contribution in [2.75, 3.05) is 14.2 Å². The fourth-order valence-electron chi connectivity index (χ4n) is 1.63. The van der Waals surface area contributed by atoms with Crippen molar-refractivity contribution in [2.45, 2.75) is 31.8 Å². The molecule has 4 heteroatoms. The molecule has 0 aliphatic heterocycles. The van der Waals surface area contributed by atoms with Gasteiger partial charge < -0.3 is 14.6 Å². The molecule has 0 fully saturated rings. The predicted octanol–water partition coefficient (Wildman–Crippen LogP) is 0.995. The number of hydrogen-bond donors (Lipinski definition) is 1.